The summed E-state index contributed by atoms with van der Waals surface area (Å²) in [4.78, 5) is 21.8. The highest BCUT2D eigenvalue weighted by molar-refractivity contribution is 5.80. The van der Waals surface area contributed by atoms with E-state index in [0.717, 1.165) is 0 Å². The van der Waals surface area contributed by atoms with Crippen LogP contribution in [0.1, 0.15) is 19.7 Å². The summed E-state index contributed by atoms with van der Waals surface area (Å²) in [5.74, 6) is 1.38. The van der Waals surface area contributed by atoms with E-state index in [1.54, 1.807) is 18.1 Å². The molecule has 0 unspecified atom stereocenters. The Hall–Kier alpha value is -1.89. The Morgan fingerprint density at radius 2 is 2.11 bits per heavy atom. The van der Waals surface area contributed by atoms with Crippen molar-refractivity contribution in [1.29, 1.82) is 0 Å². The first kappa shape index (κ1) is 15.2. The second-order valence-electron chi connectivity index (χ2n) is 3.95. The molecule has 7 nitrogen and oxygen atoms in total. The van der Waals surface area contributed by atoms with Gasteiger partial charge in [0.05, 0.1) is 6.54 Å². The molecule has 106 valence electrons. The number of amides is 1. The van der Waals surface area contributed by atoms with E-state index in [9.17, 15) is 4.79 Å². The Labute approximate surface area is 113 Å². The molecule has 0 atom stereocenters. The predicted octanol–water partition coefficient (Wildman–Crippen LogP) is 0.486. The third-order valence-electron chi connectivity index (χ3n) is 2.60. The van der Waals surface area contributed by atoms with Crippen LogP contribution in [-0.2, 0) is 16.1 Å². The standard InChI is InChI=1S/C12H21N5O2/c1-4-17(5-2)12(18)7-14-10-6-9(13)15-11(16-10)8-19-3/h6H,4-5,7-8H2,1-3H3,(H3,13,14,15,16). The van der Waals surface area contributed by atoms with Gasteiger partial charge in [-0.1, -0.05) is 0 Å². The molecule has 0 bridgehead atoms. The molecule has 1 aromatic heterocycles. The molecule has 1 rings (SSSR count). The number of likely N-dealkylation sites (N-methyl/N-ethyl adjacent to an activating group) is 1. The Bertz CT molecular complexity index is 421. The van der Waals surface area contributed by atoms with Gasteiger partial charge < -0.3 is 20.7 Å². The Morgan fingerprint density at radius 1 is 1.42 bits per heavy atom. The molecule has 0 radical (unpaired) electrons. The van der Waals surface area contributed by atoms with Crippen LogP contribution in [0.3, 0.4) is 0 Å². The number of nitrogens with one attached hydrogen (secondary N) is 1. The number of nitrogens with two attached hydrogens (primary N) is 1. The van der Waals surface area contributed by atoms with Crippen molar-refractivity contribution in [2.75, 3.05) is 37.8 Å². The Balaban J connectivity index is 2.64. The summed E-state index contributed by atoms with van der Waals surface area (Å²) in [6.07, 6.45) is 0. The highest BCUT2D eigenvalue weighted by Crippen LogP contribution is 2.08. The number of ether oxygens (including phenoxy) is 1. The van der Waals surface area contributed by atoms with Gasteiger partial charge in [0.2, 0.25) is 5.91 Å². The smallest absolute Gasteiger partial charge is 0.241 e. The molecule has 3 N–H and O–H groups in total. The van der Waals surface area contributed by atoms with E-state index >= 15 is 0 Å². The summed E-state index contributed by atoms with van der Waals surface area (Å²) in [6.45, 7) is 5.74. The second kappa shape index (κ2) is 7.52. The normalized spacial score (nSPS) is 10.3. The summed E-state index contributed by atoms with van der Waals surface area (Å²) in [6, 6.07) is 1.59. The lowest BCUT2D eigenvalue weighted by atomic mass is 10.4. The number of carbonyl (C=O) groups excluding carboxylic acids is 1. The van der Waals surface area contributed by atoms with E-state index < -0.39 is 0 Å². The number of nitrogens with zero attached hydrogens (tertiary/aromatic N) is 3. The molecule has 0 saturated carbocycles. The molecule has 0 spiro atoms. The number of aromatic nitrogens is 2. The van der Waals surface area contributed by atoms with Crippen molar-refractivity contribution in [3.8, 4) is 0 Å². The van der Waals surface area contributed by atoms with Crippen LogP contribution >= 0.6 is 0 Å². The van der Waals surface area contributed by atoms with E-state index in [1.807, 2.05) is 13.8 Å². The van der Waals surface area contributed by atoms with Crippen LogP contribution in [0.4, 0.5) is 11.6 Å². The zero-order valence-electron chi connectivity index (χ0n) is 11.6. The third-order valence-corrected chi connectivity index (χ3v) is 2.60. The van der Waals surface area contributed by atoms with Gasteiger partial charge in [-0.3, -0.25) is 4.79 Å². The predicted molar refractivity (Wildman–Crippen MR) is 73.6 cm³/mol. The highest BCUT2D eigenvalue weighted by atomic mass is 16.5. The average molecular weight is 267 g/mol. The lowest BCUT2D eigenvalue weighted by Crippen LogP contribution is -2.35. The minimum Gasteiger partial charge on any atom is -0.384 e. The van der Waals surface area contributed by atoms with Gasteiger partial charge in [-0.05, 0) is 13.8 Å². The van der Waals surface area contributed by atoms with Crippen molar-refractivity contribution in [2.45, 2.75) is 20.5 Å². The molecular weight excluding hydrogens is 246 g/mol. The molecule has 1 heterocycles. The Kier molecular flexibility index (Phi) is 6.01. The first-order valence-electron chi connectivity index (χ1n) is 6.24. The lowest BCUT2D eigenvalue weighted by molar-refractivity contribution is -0.128. The largest absolute Gasteiger partial charge is 0.384 e. The molecule has 19 heavy (non-hydrogen) atoms. The van der Waals surface area contributed by atoms with E-state index in [4.69, 9.17) is 10.5 Å². The minimum atomic E-state index is 0.0236. The van der Waals surface area contributed by atoms with Crippen LogP contribution in [0.15, 0.2) is 6.07 Å². The number of nitrogen functional groups attached to an aromatic ring is 1. The molecule has 0 fully saturated rings. The molecule has 1 aromatic rings. The lowest BCUT2D eigenvalue weighted by Gasteiger charge is -2.19. The van der Waals surface area contributed by atoms with E-state index in [1.165, 1.54) is 0 Å². The second-order valence-corrected chi connectivity index (χ2v) is 3.95. The quantitative estimate of drug-likeness (QED) is 0.746. The summed E-state index contributed by atoms with van der Waals surface area (Å²) >= 11 is 0. The monoisotopic (exact) mass is 267 g/mol. The first-order valence-corrected chi connectivity index (χ1v) is 6.24. The van der Waals surface area contributed by atoms with Gasteiger partial charge in [0.15, 0.2) is 5.82 Å². The molecule has 0 saturated heterocycles. The maximum Gasteiger partial charge on any atom is 0.241 e. The van der Waals surface area contributed by atoms with Crippen molar-refractivity contribution in [2.24, 2.45) is 0 Å². The summed E-state index contributed by atoms with van der Waals surface area (Å²) in [5, 5.41) is 2.96. The number of rotatable bonds is 7. The van der Waals surface area contributed by atoms with Gasteiger partial charge >= 0.3 is 0 Å². The number of anilines is 2. The van der Waals surface area contributed by atoms with Crippen LogP contribution in [0.2, 0.25) is 0 Å². The van der Waals surface area contributed by atoms with Gasteiger partial charge in [-0.2, -0.15) is 0 Å². The summed E-state index contributed by atoms with van der Waals surface area (Å²) in [5.41, 5.74) is 5.67. The van der Waals surface area contributed by atoms with Crippen molar-refractivity contribution >= 4 is 17.5 Å². The molecular formula is C12H21N5O2. The first-order chi connectivity index (χ1) is 9.10. The van der Waals surface area contributed by atoms with Crippen molar-refractivity contribution in [3.63, 3.8) is 0 Å². The zero-order valence-corrected chi connectivity index (χ0v) is 11.6. The Morgan fingerprint density at radius 3 is 2.68 bits per heavy atom. The van der Waals surface area contributed by atoms with E-state index in [2.05, 4.69) is 15.3 Å². The zero-order chi connectivity index (χ0) is 14.3. The molecule has 0 aliphatic heterocycles. The maximum absolute atomic E-state index is 11.8. The van der Waals surface area contributed by atoms with Crippen LogP contribution in [0.25, 0.3) is 0 Å². The van der Waals surface area contributed by atoms with Gasteiger partial charge in [0.25, 0.3) is 0 Å². The number of hydrogen-bond acceptors (Lipinski definition) is 6. The van der Waals surface area contributed by atoms with Gasteiger partial charge in [0, 0.05) is 26.3 Å². The molecule has 1 amide bonds. The van der Waals surface area contributed by atoms with Gasteiger partial charge in [-0.15, -0.1) is 0 Å². The van der Waals surface area contributed by atoms with Gasteiger partial charge in [0.1, 0.15) is 18.2 Å². The van der Waals surface area contributed by atoms with Crippen molar-refractivity contribution in [1.82, 2.24) is 14.9 Å². The fourth-order valence-corrected chi connectivity index (χ4v) is 1.66. The maximum atomic E-state index is 11.8. The third kappa shape index (κ3) is 4.70. The molecule has 0 aliphatic carbocycles. The van der Waals surface area contributed by atoms with Crippen LogP contribution in [0, 0.1) is 0 Å². The highest BCUT2D eigenvalue weighted by Gasteiger charge is 2.10. The van der Waals surface area contributed by atoms with Gasteiger partial charge in [-0.25, -0.2) is 9.97 Å². The summed E-state index contributed by atoms with van der Waals surface area (Å²) < 4.78 is 4.95. The van der Waals surface area contributed by atoms with E-state index in [-0.39, 0.29) is 19.1 Å². The van der Waals surface area contributed by atoms with E-state index in [0.29, 0.717) is 30.5 Å². The SMILES string of the molecule is CCN(CC)C(=O)CNc1cc(N)nc(COC)n1. The van der Waals surface area contributed by atoms with Crippen LogP contribution in [-0.4, -0.2) is 47.5 Å². The van der Waals surface area contributed by atoms with Crippen LogP contribution < -0.4 is 11.1 Å². The topological polar surface area (TPSA) is 93.4 Å². The fourth-order valence-electron chi connectivity index (χ4n) is 1.66. The van der Waals surface area contributed by atoms with Crippen molar-refractivity contribution < 1.29 is 9.53 Å². The molecule has 0 aromatic carbocycles. The van der Waals surface area contributed by atoms with Crippen LogP contribution in [0.5, 0.6) is 0 Å². The number of carbonyl (C=O) groups is 1. The average Bonchev–Trinajstić information content (AvgIpc) is 2.37. The molecule has 0 aliphatic rings. The number of methoxy groups -OCH3 is 1. The fraction of sp³-hybridized carbons (Fsp3) is 0.583. The van der Waals surface area contributed by atoms with Crippen molar-refractivity contribution in [3.05, 3.63) is 11.9 Å². The molecule has 7 heteroatoms. The summed E-state index contributed by atoms with van der Waals surface area (Å²) in [7, 11) is 1.56. The minimum absolute atomic E-state index is 0.0236. The number of hydrogen-bond donors (Lipinski definition) is 2.